The summed E-state index contributed by atoms with van der Waals surface area (Å²) in [5, 5.41) is 4.04. The summed E-state index contributed by atoms with van der Waals surface area (Å²) in [7, 11) is 1.71. The van der Waals surface area contributed by atoms with Crippen molar-refractivity contribution in [2.75, 3.05) is 12.4 Å². The molecular weight excluding hydrogens is 220 g/mol. The fourth-order valence-electron chi connectivity index (χ4n) is 2.12. The molecule has 1 aliphatic rings. The number of aliphatic imine (C=N–C) groups is 1. The Morgan fingerprint density at radius 3 is 2.88 bits per heavy atom. The van der Waals surface area contributed by atoms with Gasteiger partial charge in [0.2, 0.25) is 0 Å². The van der Waals surface area contributed by atoms with Gasteiger partial charge >= 0.3 is 0 Å². The average Bonchev–Trinajstić information content (AvgIpc) is 2.47. The number of hydrogen-bond acceptors (Lipinski definition) is 3. The third kappa shape index (κ3) is 2.16. The van der Waals surface area contributed by atoms with Crippen LogP contribution in [0.2, 0.25) is 0 Å². The van der Waals surface area contributed by atoms with E-state index in [4.69, 9.17) is 0 Å². The van der Waals surface area contributed by atoms with Gasteiger partial charge in [-0.15, -0.1) is 11.3 Å². The number of nitrogens with zero attached hydrogens (tertiary/aromatic N) is 1. The second kappa shape index (κ2) is 5.25. The molecule has 1 aliphatic carbocycles. The fraction of sp³-hybridized carbons (Fsp3) is 0.500. The van der Waals surface area contributed by atoms with Crippen LogP contribution in [0.3, 0.4) is 0 Å². The second-order valence-corrected chi connectivity index (χ2v) is 5.06. The summed E-state index contributed by atoms with van der Waals surface area (Å²) in [4.78, 5) is 16.4. The molecule has 0 radical (unpaired) electrons. The van der Waals surface area contributed by atoms with E-state index in [0.717, 1.165) is 29.7 Å². The fourth-order valence-corrected chi connectivity index (χ4v) is 3.34. The van der Waals surface area contributed by atoms with Crippen LogP contribution < -0.4 is 5.32 Å². The van der Waals surface area contributed by atoms with E-state index in [0.29, 0.717) is 0 Å². The molecule has 0 bridgehead atoms. The van der Waals surface area contributed by atoms with E-state index in [9.17, 15) is 4.79 Å². The molecule has 16 heavy (non-hydrogen) atoms. The zero-order valence-electron chi connectivity index (χ0n) is 9.45. The molecule has 2 rings (SSSR count). The highest BCUT2D eigenvalue weighted by Crippen LogP contribution is 2.36. The highest BCUT2D eigenvalue weighted by Gasteiger charge is 2.18. The third-order valence-electron chi connectivity index (χ3n) is 2.90. The minimum absolute atomic E-state index is 0.849. The normalized spacial score (nSPS) is 15.8. The summed E-state index contributed by atoms with van der Waals surface area (Å²) < 4.78 is 0. The number of rotatable bonds is 3. The Morgan fingerprint density at radius 1 is 1.31 bits per heavy atom. The molecule has 0 spiro atoms. The molecule has 1 N–H and O–H groups in total. The quantitative estimate of drug-likeness (QED) is 0.379. The van der Waals surface area contributed by atoms with Crippen LogP contribution in [0.5, 0.6) is 0 Å². The summed E-state index contributed by atoms with van der Waals surface area (Å²) in [6, 6.07) is 0. The summed E-state index contributed by atoms with van der Waals surface area (Å²) in [6.45, 7) is 0. The molecule has 3 nitrogen and oxygen atoms in total. The first-order valence-electron chi connectivity index (χ1n) is 5.63. The maximum atomic E-state index is 11.2. The molecule has 1 heterocycles. The zero-order chi connectivity index (χ0) is 11.4. The van der Waals surface area contributed by atoms with Gasteiger partial charge in [0.05, 0.1) is 11.9 Å². The van der Waals surface area contributed by atoms with Gasteiger partial charge in [0.25, 0.3) is 0 Å². The number of carbonyl (C=O) groups is 1. The topological polar surface area (TPSA) is 41.5 Å². The van der Waals surface area contributed by atoms with Gasteiger partial charge in [0.15, 0.2) is 6.29 Å². The van der Waals surface area contributed by atoms with Crippen LogP contribution in [0.25, 0.3) is 0 Å². The van der Waals surface area contributed by atoms with Crippen LogP contribution >= 0.6 is 11.3 Å². The standard InChI is InChI=1S/C12H16N2OS/c1-13-8-14-12-10(7-15)9-5-3-2-4-6-11(9)16-12/h7-8H,2-6H2,1H3,(H,13,14). The molecule has 0 fully saturated rings. The van der Waals surface area contributed by atoms with Gasteiger partial charge in [-0.3, -0.25) is 9.79 Å². The Labute approximate surface area is 99.6 Å². The summed E-state index contributed by atoms with van der Waals surface area (Å²) in [5.41, 5.74) is 2.12. The first-order valence-corrected chi connectivity index (χ1v) is 6.45. The van der Waals surface area contributed by atoms with E-state index in [-0.39, 0.29) is 0 Å². The molecule has 1 aromatic heterocycles. The molecule has 0 unspecified atom stereocenters. The van der Waals surface area contributed by atoms with Crippen molar-refractivity contribution in [2.45, 2.75) is 32.1 Å². The number of anilines is 1. The molecule has 0 aromatic carbocycles. The number of aryl methyl sites for hydroxylation is 1. The predicted octanol–water partition coefficient (Wildman–Crippen LogP) is 2.90. The first-order chi connectivity index (χ1) is 7.86. The summed E-state index contributed by atoms with van der Waals surface area (Å²) in [5.74, 6) is 0. The zero-order valence-corrected chi connectivity index (χ0v) is 10.3. The molecule has 0 atom stereocenters. The van der Waals surface area contributed by atoms with E-state index in [2.05, 4.69) is 10.3 Å². The van der Waals surface area contributed by atoms with Gasteiger partial charge < -0.3 is 5.32 Å². The van der Waals surface area contributed by atoms with Gasteiger partial charge in [-0.1, -0.05) is 6.42 Å². The number of aldehydes is 1. The van der Waals surface area contributed by atoms with Gasteiger partial charge in [0, 0.05) is 11.9 Å². The minimum Gasteiger partial charge on any atom is -0.338 e. The summed E-state index contributed by atoms with van der Waals surface area (Å²) >= 11 is 1.71. The van der Waals surface area contributed by atoms with Gasteiger partial charge in [-0.25, -0.2) is 0 Å². The van der Waals surface area contributed by atoms with Crippen LogP contribution in [0.4, 0.5) is 5.00 Å². The van der Waals surface area contributed by atoms with Crippen molar-refractivity contribution in [1.29, 1.82) is 0 Å². The number of carbonyl (C=O) groups excluding carboxylic acids is 1. The molecule has 0 aliphatic heterocycles. The Hall–Kier alpha value is -1.16. The maximum Gasteiger partial charge on any atom is 0.153 e. The van der Waals surface area contributed by atoms with E-state index < -0.39 is 0 Å². The lowest BCUT2D eigenvalue weighted by Crippen LogP contribution is -1.97. The lowest BCUT2D eigenvalue weighted by molar-refractivity contribution is 0.112. The maximum absolute atomic E-state index is 11.2. The number of nitrogens with one attached hydrogen (secondary N) is 1. The smallest absolute Gasteiger partial charge is 0.153 e. The van der Waals surface area contributed by atoms with Crippen molar-refractivity contribution in [1.82, 2.24) is 0 Å². The molecule has 86 valence electrons. The van der Waals surface area contributed by atoms with Crippen molar-refractivity contribution in [3.05, 3.63) is 16.0 Å². The molecular formula is C12H16N2OS. The molecule has 0 amide bonds. The van der Waals surface area contributed by atoms with Crippen molar-refractivity contribution in [2.24, 2.45) is 4.99 Å². The number of thiophene rings is 1. The molecule has 0 saturated carbocycles. The average molecular weight is 236 g/mol. The molecule has 4 heteroatoms. The van der Waals surface area contributed by atoms with E-state index >= 15 is 0 Å². The number of fused-ring (bicyclic) bond motifs is 1. The van der Waals surface area contributed by atoms with Gasteiger partial charge in [0.1, 0.15) is 5.00 Å². The highest BCUT2D eigenvalue weighted by atomic mass is 32.1. The van der Waals surface area contributed by atoms with E-state index in [1.807, 2.05) is 0 Å². The van der Waals surface area contributed by atoms with Crippen LogP contribution in [0.1, 0.15) is 40.1 Å². The first kappa shape index (κ1) is 11.3. The monoisotopic (exact) mass is 236 g/mol. The van der Waals surface area contributed by atoms with Crippen LogP contribution in [0.15, 0.2) is 4.99 Å². The van der Waals surface area contributed by atoms with Gasteiger partial charge in [-0.05, 0) is 31.2 Å². The Kier molecular flexibility index (Phi) is 3.72. The lowest BCUT2D eigenvalue weighted by atomic mass is 10.1. The predicted molar refractivity (Wildman–Crippen MR) is 69.0 cm³/mol. The third-order valence-corrected chi connectivity index (χ3v) is 4.14. The van der Waals surface area contributed by atoms with Crippen molar-refractivity contribution >= 4 is 29.0 Å². The van der Waals surface area contributed by atoms with E-state index in [1.54, 1.807) is 24.7 Å². The Balaban J connectivity index is 2.35. The van der Waals surface area contributed by atoms with Gasteiger partial charge in [-0.2, -0.15) is 0 Å². The van der Waals surface area contributed by atoms with Crippen molar-refractivity contribution in [3.63, 3.8) is 0 Å². The van der Waals surface area contributed by atoms with Crippen LogP contribution in [-0.4, -0.2) is 19.7 Å². The summed E-state index contributed by atoms with van der Waals surface area (Å²) in [6.07, 6.45) is 8.50. The van der Waals surface area contributed by atoms with Crippen LogP contribution in [-0.2, 0) is 12.8 Å². The Morgan fingerprint density at radius 2 is 2.12 bits per heavy atom. The highest BCUT2D eigenvalue weighted by molar-refractivity contribution is 7.16. The lowest BCUT2D eigenvalue weighted by Gasteiger charge is -1.99. The SMILES string of the molecule is CN=CNc1sc2c(c1C=O)CCCCC2. The second-order valence-electron chi connectivity index (χ2n) is 3.96. The van der Waals surface area contributed by atoms with Crippen molar-refractivity contribution in [3.8, 4) is 0 Å². The largest absolute Gasteiger partial charge is 0.338 e. The molecule has 1 aromatic rings. The molecule has 0 saturated heterocycles. The van der Waals surface area contributed by atoms with Crippen molar-refractivity contribution < 1.29 is 4.79 Å². The Bertz CT molecular complexity index is 409. The number of hydrogen-bond donors (Lipinski definition) is 1. The van der Waals surface area contributed by atoms with E-state index in [1.165, 1.54) is 29.7 Å². The van der Waals surface area contributed by atoms with Crippen LogP contribution in [0, 0.1) is 0 Å². The minimum atomic E-state index is 0.849.